The van der Waals surface area contributed by atoms with Gasteiger partial charge in [0.15, 0.2) is 10.3 Å². The number of fused-ring (bicyclic) bond motifs is 10. The second-order valence-electron chi connectivity index (χ2n) is 21.6. The summed E-state index contributed by atoms with van der Waals surface area (Å²) in [4.78, 5) is 12.8. The number of halogens is 2. The van der Waals surface area contributed by atoms with Gasteiger partial charge < -0.3 is 21.5 Å². The van der Waals surface area contributed by atoms with E-state index in [1.54, 1.807) is 0 Å². The maximum absolute atomic E-state index is 12.8. The van der Waals surface area contributed by atoms with Crippen molar-refractivity contribution in [2.75, 3.05) is 13.2 Å². The molecule has 331 valence electrons. The van der Waals surface area contributed by atoms with Crippen LogP contribution in [0.2, 0.25) is 13.6 Å². The van der Waals surface area contributed by atoms with Crippen LogP contribution in [0.15, 0.2) is 0 Å². The number of rotatable bonds is 0. The van der Waals surface area contributed by atoms with Gasteiger partial charge in [0, 0.05) is 33.5 Å². The summed E-state index contributed by atoms with van der Waals surface area (Å²) < 4.78 is 4.94. The Labute approximate surface area is 417 Å². The quantitative estimate of drug-likeness (QED) is 0.167. The molecule has 11 heteroatoms. The number of aliphatic hydroxyl groups is 3. The third-order valence-corrected chi connectivity index (χ3v) is 17.9. The molecule has 0 aromatic rings. The Morgan fingerprint density at radius 3 is 1.54 bits per heavy atom. The SMILES string of the molecule is C1CCOC1.C[B]I.C[B]I.C[C@@]1(O)CC[C@H]2[C@H](CC[C@@H]3[C@@H]2CC[C@]2(C)C(=O)CCCC[C@@H]32)C1.C[C@@]1(O)CC[C@H]2[C@H](CC[C@@H]3[C@@H]2CC[C@]2(C)[C@H](O)CCCC[C@@H]32)C1.[B].[H-].[Na+]. The van der Waals surface area contributed by atoms with E-state index in [2.05, 4.69) is 65.5 Å². The molecule has 1 saturated heterocycles. The molecular weight excluding hydrogens is 966 g/mol. The minimum atomic E-state index is -0.421. The Kier molecular flexibility index (Phi) is 23.8. The molecule has 0 spiro atoms. The maximum atomic E-state index is 12.8. The molecule has 9 aliphatic rings. The molecule has 8 saturated carbocycles. The number of Topliss-reactive ketones (excluding diaryl/α,β-unsaturated/α-hetero) is 1. The number of carbonyl (C=O) groups is 1. The first-order valence-corrected chi connectivity index (χ1v) is 26.6. The summed E-state index contributed by atoms with van der Waals surface area (Å²) in [5.41, 5.74) is -0.652. The first kappa shape index (κ1) is 55.5. The van der Waals surface area contributed by atoms with Gasteiger partial charge in [-0.2, -0.15) is 44.7 Å². The molecule has 1 aliphatic heterocycles. The van der Waals surface area contributed by atoms with E-state index in [-0.39, 0.29) is 56.3 Å². The molecule has 8 aliphatic carbocycles. The summed E-state index contributed by atoms with van der Waals surface area (Å²) in [6.45, 7) is 14.8. The zero-order valence-corrected chi connectivity index (χ0v) is 45.2. The molecule has 9 fully saturated rings. The Hall–Kier alpha value is 2.16. The zero-order chi connectivity index (χ0) is 41.4. The van der Waals surface area contributed by atoms with Crippen molar-refractivity contribution in [1.29, 1.82) is 0 Å². The minimum Gasteiger partial charge on any atom is -1.00 e. The van der Waals surface area contributed by atoms with Gasteiger partial charge in [0.25, 0.3) is 0 Å². The largest absolute Gasteiger partial charge is 1.00 e. The van der Waals surface area contributed by atoms with Crippen LogP contribution >= 0.6 is 44.7 Å². The molecule has 5 nitrogen and oxygen atoms in total. The number of hydrogen-bond acceptors (Lipinski definition) is 5. The van der Waals surface area contributed by atoms with Gasteiger partial charge in [-0.05, 0) is 207 Å². The van der Waals surface area contributed by atoms with E-state index in [1.807, 2.05) is 30.8 Å². The number of aliphatic hydroxyl groups excluding tert-OH is 1. The number of ketones is 1. The van der Waals surface area contributed by atoms with Crippen molar-refractivity contribution in [1.82, 2.24) is 0 Å². The van der Waals surface area contributed by atoms with Gasteiger partial charge in [-0.15, -0.1) is 0 Å². The predicted molar refractivity (Wildman–Crippen MR) is 263 cm³/mol. The van der Waals surface area contributed by atoms with Crippen LogP contribution in [0.25, 0.3) is 0 Å². The molecule has 0 aromatic heterocycles. The average molecular weight is 1050 g/mol. The van der Waals surface area contributed by atoms with E-state index in [0.29, 0.717) is 11.7 Å². The molecule has 0 aromatic carbocycles. The smallest absolute Gasteiger partial charge is 1.00 e. The van der Waals surface area contributed by atoms with Crippen LogP contribution in [-0.4, -0.2) is 70.3 Å². The van der Waals surface area contributed by atoms with Gasteiger partial charge in [0.05, 0.1) is 17.3 Å². The van der Waals surface area contributed by atoms with Gasteiger partial charge in [-0.3, -0.25) is 4.79 Å². The average Bonchev–Trinajstić information content (AvgIpc) is 3.67. The maximum Gasteiger partial charge on any atom is 1.00 e. The van der Waals surface area contributed by atoms with E-state index in [0.717, 1.165) is 118 Å². The molecule has 3 N–H and O–H groups in total. The van der Waals surface area contributed by atoms with E-state index in [9.17, 15) is 20.1 Å². The fraction of sp³-hybridized carbons (Fsp3) is 0.979. The normalized spacial score (nSPS) is 45.6. The second kappa shape index (κ2) is 25.3. The third-order valence-electron chi connectivity index (χ3n) is 17.9. The van der Waals surface area contributed by atoms with Crippen LogP contribution in [0.4, 0.5) is 0 Å². The molecule has 1 heterocycles. The van der Waals surface area contributed by atoms with Crippen molar-refractivity contribution in [2.45, 2.75) is 213 Å². The van der Waals surface area contributed by atoms with E-state index in [1.165, 1.54) is 103 Å². The van der Waals surface area contributed by atoms with Crippen molar-refractivity contribution < 1.29 is 55.8 Å². The first-order chi connectivity index (χ1) is 27.1. The summed E-state index contributed by atoms with van der Waals surface area (Å²) in [6.07, 6.45) is 28.7. The van der Waals surface area contributed by atoms with Crippen molar-refractivity contribution >= 4 is 69.2 Å². The van der Waals surface area contributed by atoms with E-state index >= 15 is 0 Å². The van der Waals surface area contributed by atoms with Gasteiger partial charge >= 0.3 is 29.6 Å². The summed E-state index contributed by atoms with van der Waals surface area (Å²) >= 11 is 4.33. The van der Waals surface area contributed by atoms with Crippen molar-refractivity contribution in [3.8, 4) is 0 Å². The van der Waals surface area contributed by atoms with E-state index in [4.69, 9.17) is 4.74 Å². The third kappa shape index (κ3) is 13.9. The van der Waals surface area contributed by atoms with Gasteiger partial charge in [0.2, 0.25) is 0 Å². The molecule has 0 amide bonds. The van der Waals surface area contributed by atoms with Gasteiger partial charge in [0.1, 0.15) is 5.78 Å². The van der Waals surface area contributed by atoms with Gasteiger partial charge in [-0.1, -0.05) is 46.8 Å². The Bertz CT molecular complexity index is 1240. The zero-order valence-electron chi connectivity index (χ0n) is 39.9. The number of carbonyl (C=O) groups excluding carboxylic acids is 1. The molecular formula is C48H85B3I2NaO5. The first-order valence-electron chi connectivity index (χ1n) is 24.1. The summed E-state index contributed by atoms with van der Waals surface area (Å²) in [7, 11) is 0. The van der Waals surface area contributed by atoms with Gasteiger partial charge in [-0.25, -0.2) is 0 Å². The van der Waals surface area contributed by atoms with Crippen LogP contribution in [0.5, 0.6) is 0 Å². The number of hydrogen-bond donors (Lipinski definition) is 3. The Balaban J connectivity index is 0.000000319. The minimum absolute atomic E-state index is 0. The molecule has 0 unspecified atom stereocenters. The molecule has 15 atom stereocenters. The monoisotopic (exact) mass is 1050 g/mol. The number of ether oxygens (including phenoxy) is 1. The Morgan fingerprint density at radius 2 is 1.03 bits per heavy atom. The standard InChI is InChI=1S/C21H36O2.C21H34O2.C4H8O.2CH3BI.B.Na.H/c2*1-20(23)11-9-15-14(13-20)7-8-17-16(15)10-12-21(2)18(17)5-3-4-6-19(21)22;1-2-4-5-3-1;2*1-2-3;;;/h14-19,22-23H,3-13H2,1-2H3;14-18,23H,3-13H2,1-2H3;1-4H2;2*1H3;;;/q;;;;;;+1;-1/t14-,15+,16-,17-,18+,19-,20-,21+;14-,15+,16-,17-,18+,20-,21+;;;;;;/m11....../s1. The Morgan fingerprint density at radius 1 is 0.593 bits per heavy atom. The molecule has 9 rings (SSSR count). The fourth-order valence-electron chi connectivity index (χ4n) is 15.1. The van der Waals surface area contributed by atoms with Crippen LogP contribution in [0, 0.1) is 70.0 Å². The van der Waals surface area contributed by atoms with Crippen molar-refractivity contribution in [2.24, 2.45) is 70.0 Å². The van der Waals surface area contributed by atoms with Crippen LogP contribution in [0.3, 0.4) is 0 Å². The fourth-order valence-corrected chi connectivity index (χ4v) is 15.1. The van der Waals surface area contributed by atoms with Crippen LogP contribution in [0.1, 0.15) is 183 Å². The summed E-state index contributed by atoms with van der Waals surface area (Å²) in [5.74, 6) is 8.54. The van der Waals surface area contributed by atoms with E-state index < -0.39 is 11.2 Å². The summed E-state index contributed by atoms with van der Waals surface area (Å²) in [5, 5.41) is 35.7. The molecule has 0 bridgehead atoms. The second-order valence-corrected chi connectivity index (χ2v) is 24.1. The van der Waals surface area contributed by atoms with Crippen molar-refractivity contribution in [3.05, 3.63) is 0 Å². The van der Waals surface area contributed by atoms with Crippen LogP contribution in [-0.2, 0) is 9.53 Å². The molecule has 59 heavy (non-hydrogen) atoms. The van der Waals surface area contributed by atoms with Crippen molar-refractivity contribution in [3.63, 3.8) is 0 Å². The molecule has 5 radical (unpaired) electrons. The predicted octanol–water partition coefficient (Wildman–Crippen LogP) is 8.98. The van der Waals surface area contributed by atoms with Crippen LogP contribution < -0.4 is 29.6 Å². The topological polar surface area (TPSA) is 87.0 Å². The summed E-state index contributed by atoms with van der Waals surface area (Å²) in [6, 6.07) is 0.